The van der Waals surface area contributed by atoms with E-state index in [0.717, 1.165) is 37.7 Å². The summed E-state index contributed by atoms with van der Waals surface area (Å²) in [4.78, 5) is 2.38. The van der Waals surface area contributed by atoms with Gasteiger partial charge in [0, 0.05) is 26.2 Å². The highest BCUT2D eigenvalue weighted by atomic mass is 15.3. The normalized spacial score (nSPS) is 27.2. The summed E-state index contributed by atoms with van der Waals surface area (Å²) in [6, 6.07) is 0.304. The van der Waals surface area contributed by atoms with Gasteiger partial charge in [-0.3, -0.25) is 4.90 Å². The van der Waals surface area contributed by atoms with Crippen LogP contribution < -0.4 is 5.73 Å². The zero-order valence-corrected chi connectivity index (χ0v) is 10.3. The molecule has 2 rings (SSSR count). The fourth-order valence-electron chi connectivity index (χ4n) is 2.43. The van der Waals surface area contributed by atoms with Gasteiger partial charge in [0.2, 0.25) is 0 Å². The van der Waals surface area contributed by atoms with E-state index in [4.69, 9.17) is 5.73 Å². The third kappa shape index (κ3) is 2.41. The lowest BCUT2D eigenvalue weighted by Gasteiger charge is -2.34. The molecule has 2 atom stereocenters. The highest BCUT2D eigenvalue weighted by Crippen LogP contribution is 2.16. The van der Waals surface area contributed by atoms with Gasteiger partial charge in [-0.2, -0.15) is 0 Å². The van der Waals surface area contributed by atoms with Crippen molar-refractivity contribution < 1.29 is 0 Å². The SMILES string of the molecule is Cc1nnc(CN2CC(C)CC(N)C2)n1C. The molecule has 0 aromatic carbocycles. The van der Waals surface area contributed by atoms with Crippen LogP contribution in [0.25, 0.3) is 0 Å². The van der Waals surface area contributed by atoms with Crippen molar-refractivity contribution in [1.29, 1.82) is 0 Å². The van der Waals surface area contributed by atoms with Crippen molar-refractivity contribution in [2.24, 2.45) is 18.7 Å². The fraction of sp³-hybridized carbons (Fsp3) is 0.818. The van der Waals surface area contributed by atoms with Crippen LogP contribution in [0.3, 0.4) is 0 Å². The molecule has 0 spiro atoms. The molecule has 0 bridgehead atoms. The maximum atomic E-state index is 6.03. The second-order valence-corrected chi connectivity index (χ2v) is 5.02. The first kappa shape index (κ1) is 11.5. The molecular formula is C11H21N5. The minimum Gasteiger partial charge on any atom is -0.327 e. The van der Waals surface area contributed by atoms with Crippen molar-refractivity contribution in [2.45, 2.75) is 32.9 Å². The average Bonchev–Trinajstić information content (AvgIpc) is 2.48. The average molecular weight is 223 g/mol. The van der Waals surface area contributed by atoms with E-state index in [1.165, 1.54) is 0 Å². The third-order valence-corrected chi connectivity index (χ3v) is 3.32. The van der Waals surface area contributed by atoms with Crippen LogP contribution in [-0.2, 0) is 13.6 Å². The Balaban J connectivity index is 2.01. The van der Waals surface area contributed by atoms with E-state index in [0.29, 0.717) is 12.0 Å². The monoisotopic (exact) mass is 223 g/mol. The summed E-state index contributed by atoms with van der Waals surface area (Å²) >= 11 is 0. The molecule has 1 fully saturated rings. The first-order valence-corrected chi connectivity index (χ1v) is 5.89. The number of hydrogen-bond donors (Lipinski definition) is 1. The van der Waals surface area contributed by atoms with E-state index in [1.807, 2.05) is 18.5 Å². The van der Waals surface area contributed by atoms with Crippen LogP contribution in [0, 0.1) is 12.8 Å². The summed E-state index contributed by atoms with van der Waals surface area (Å²) in [6.45, 7) is 7.17. The highest BCUT2D eigenvalue weighted by Gasteiger charge is 2.23. The number of likely N-dealkylation sites (tertiary alicyclic amines) is 1. The maximum Gasteiger partial charge on any atom is 0.146 e. The molecule has 2 unspecified atom stereocenters. The van der Waals surface area contributed by atoms with E-state index in [9.17, 15) is 0 Å². The summed E-state index contributed by atoms with van der Waals surface area (Å²) in [5.74, 6) is 2.67. The van der Waals surface area contributed by atoms with Crippen molar-refractivity contribution in [3.8, 4) is 0 Å². The smallest absolute Gasteiger partial charge is 0.146 e. The molecule has 5 nitrogen and oxygen atoms in total. The summed E-state index contributed by atoms with van der Waals surface area (Å²) in [5, 5.41) is 8.26. The van der Waals surface area contributed by atoms with Gasteiger partial charge in [0.15, 0.2) is 0 Å². The van der Waals surface area contributed by atoms with Gasteiger partial charge in [-0.1, -0.05) is 6.92 Å². The lowest BCUT2D eigenvalue weighted by molar-refractivity contribution is 0.153. The molecular weight excluding hydrogens is 202 g/mol. The van der Waals surface area contributed by atoms with E-state index in [-0.39, 0.29) is 0 Å². The van der Waals surface area contributed by atoms with Gasteiger partial charge in [-0.25, -0.2) is 0 Å². The molecule has 0 aliphatic carbocycles. The number of aryl methyl sites for hydroxylation is 1. The van der Waals surface area contributed by atoms with E-state index in [1.54, 1.807) is 0 Å². The molecule has 0 radical (unpaired) electrons. The molecule has 16 heavy (non-hydrogen) atoms. The van der Waals surface area contributed by atoms with Gasteiger partial charge in [0.25, 0.3) is 0 Å². The summed E-state index contributed by atoms with van der Waals surface area (Å²) in [6.07, 6.45) is 1.13. The minimum atomic E-state index is 0.304. The lowest BCUT2D eigenvalue weighted by atomic mass is 9.97. The molecule has 0 saturated carbocycles. The largest absolute Gasteiger partial charge is 0.327 e. The Hall–Kier alpha value is -0.940. The van der Waals surface area contributed by atoms with E-state index in [2.05, 4.69) is 22.0 Å². The van der Waals surface area contributed by atoms with Gasteiger partial charge in [0.1, 0.15) is 11.6 Å². The van der Waals surface area contributed by atoms with Crippen LogP contribution in [0.15, 0.2) is 0 Å². The van der Waals surface area contributed by atoms with Gasteiger partial charge < -0.3 is 10.3 Å². The number of piperidine rings is 1. The second-order valence-electron chi connectivity index (χ2n) is 5.02. The number of nitrogens with two attached hydrogens (primary N) is 1. The van der Waals surface area contributed by atoms with Gasteiger partial charge >= 0.3 is 0 Å². The first-order chi connectivity index (χ1) is 7.56. The first-order valence-electron chi connectivity index (χ1n) is 5.89. The van der Waals surface area contributed by atoms with E-state index < -0.39 is 0 Å². The van der Waals surface area contributed by atoms with Crippen molar-refractivity contribution in [2.75, 3.05) is 13.1 Å². The summed E-state index contributed by atoms with van der Waals surface area (Å²) in [7, 11) is 2.01. The standard InChI is InChI=1S/C11H21N5/c1-8-4-10(12)6-16(5-8)7-11-14-13-9(2)15(11)3/h8,10H,4-7,12H2,1-3H3. The minimum absolute atomic E-state index is 0.304. The number of aromatic nitrogens is 3. The fourth-order valence-corrected chi connectivity index (χ4v) is 2.43. The number of nitrogens with zero attached hydrogens (tertiary/aromatic N) is 4. The quantitative estimate of drug-likeness (QED) is 0.783. The van der Waals surface area contributed by atoms with Crippen LogP contribution in [0.1, 0.15) is 25.0 Å². The lowest BCUT2D eigenvalue weighted by Crippen LogP contribution is -2.46. The Kier molecular flexibility index (Phi) is 3.25. The molecule has 1 saturated heterocycles. The molecule has 1 aliphatic rings. The van der Waals surface area contributed by atoms with Crippen molar-refractivity contribution in [3.05, 3.63) is 11.6 Å². The van der Waals surface area contributed by atoms with Crippen LogP contribution in [-0.4, -0.2) is 38.8 Å². The maximum absolute atomic E-state index is 6.03. The molecule has 2 heterocycles. The molecule has 0 amide bonds. The predicted octanol–water partition coefficient (Wildman–Crippen LogP) is 0.293. The number of rotatable bonds is 2. The molecule has 1 aromatic heterocycles. The second kappa shape index (κ2) is 4.51. The number of hydrogen-bond acceptors (Lipinski definition) is 4. The van der Waals surface area contributed by atoms with Crippen LogP contribution in [0.2, 0.25) is 0 Å². The van der Waals surface area contributed by atoms with Crippen molar-refractivity contribution in [3.63, 3.8) is 0 Å². The topological polar surface area (TPSA) is 60.0 Å². The van der Waals surface area contributed by atoms with Crippen LogP contribution >= 0.6 is 0 Å². The molecule has 2 N–H and O–H groups in total. The zero-order chi connectivity index (χ0) is 11.7. The van der Waals surface area contributed by atoms with Gasteiger partial charge in [-0.15, -0.1) is 10.2 Å². The highest BCUT2D eigenvalue weighted by molar-refractivity contribution is 4.93. The Labute approximate surface area is 96.6 Å². The van der Waals surface area contributed by atoms with Gasteiger partial charge in [0.05, 0.1) is 6.54 Å². The van der Waals surface area contributed by atoms with Crippen LogP contribution in [0.5, 0.6) is 0 Å². The van der Waals surface area contributed by atoms with Crippen molar-refractivity contribution >= 4 is 0 Å². The zero-order valence-electron chi connectivity index (χ0n) is 10.3. The Morgan fingerprint density at radius 1 is 1.38 bits per heavy atom. The van der Waals surface area contributed by atoms with Gasteiger partial charge in [-0.05, 0) is 19.3 Å². The molecule has 90 valence electrons. The van der Waals surface area contributed by atoms with E-state index >= 15 is 0 Å². The Morgan fingerprint density at radius 2 is 2.12 bits per heavy atom. The molecule has 1 aliphatic heterocycles. The van der Waals surface area contributed by atoms with Crippen molar-refractivity contribution in [1.82, 2.24) is 19.7 Å². The predicted molar refractivity (Wildman–Crippen MR) is 62.8 cm³/mol. The van der Waals surface area contributed by atoms with Crippen LogP contribution in [0.4, 0.5) is 0 Å². The third-order valence-electron chi connectivity index (χ3n) is 3.32. The summed E-state index contributed by atoms with van der Waals surface area (Å²) < 4.78 is 2.05. The molecule has 1 aromatic rings. The Morgan fingerprint density at radius 3 is 2.69 bits per heavy atom. The Bertz CT molecular complexity index is 349. The molecule has 5 heteroatoms. The summed E-state index contributed by atoms with van der Waals surface area (Å²) in [5.41, 5.74) is 6.03.